The van der Waals surface area contributed by atoms with Crippen molar-refractivity contribution in [3.05, 3.63) is 89.1 Å². The molecule has 4 rings (SSSR count). The van der Waals surface area contributed by atoms with Crippen LogP contribution in [0.2, 0.25) is 0 Å². The molecule has 32 heavy (non-hydrogen) atoms. The van der Waals surface area contributed by atoms with Crippen LogP contribution in [-0.4, -0.2) is 24.6 Å². The van der Waals surface area contributed by atoms with Crippen molar-refractivity contribution in [3.8, 4) is 24.0 Å². The van der Waals surface area contributed by atoms with Crippen molar-refractivity contribution < 1.29 is 4.74 Å². The summed E-state index contributed by atoms with van der Waals surface area (Å²) in [5.41, 5.74) is 8.00. The Morgan fingerprint density at radius 3 is 2.34 bits per heavy atom. The first kappa shape index (κ1) is 21.2. The lowest BCUT2D eigenvalue weighted by Gasteiger charge is -2.47. The molecule has 0 aromatic heterocycles. The second kappa shape index (κ2) is 8.60. The molecule has 3 atom stereocenters. The molecule has 0 fully saturated rings. The van der Waals surface area contributed by atoms with Crippen LogP contribution in [0, 0.1) is 45.3 Å². The van der Waals surface area contributed by atoms with Crippen LogP contribution in [0.15, 0.2) is 78.0 Å². The molecule has 2 aromatic carbocycles. The minimum atomic E-state index is -1.56. The highest BCUT2D eigenvalue weighted by Gasteiger charge is 2.56. The first-order chi connectivity index (χ1) is 15.6. The van der Waals surface area contributed by atoms with Gasteiger partial charge in [-0.15, -0.1) is 0 Å². The number of allylic oxidation sites excluding steroid dienone is 1. The molecule has 2 N–H and O–H groups in total. The van der Waals surface area contributed by atoms with Gasteiger partial charge in [-0.25, -0.2) is 0 Å². The van der Waals surface area contributed by atoms with Gasteiger partial charge in [0.1, 0.15) is 5.75 Å². The van der Waals surface area contributed by atoms with Crippen LogP contribution in [0.3, 0.4) is 0 Å². The molecule has 0 spiro atoms. The molecule has 6 nitrogen and oxygen atoms in total. The van der Waals surface area contributed by atoms with E-state index in [-0.39, 0.29) is 5.92 Å². The molecule has 2 aromatic rings. The van der Waals surface area contributed by atoms with Gasteiger partial charge < -0.3 is 15.4 Å². The van der Waals surface area contributed by atoms with Crippen molar-refractivity contribution >= 4 is 0 Å². The summed E-state index contributed by atoms with van der Waals surface area (Å²) in [6.07, 6.45) is 3.89. The highest BCUT2D eigenvalue weighted by Crippen LogP contribution is 2.53. The van der Waals surface area contributed by atoms with Crippen molar-refractivity contribution in [2.45, 2.75) is 18.5 Å². The molecule has 2 aliphatic rings. The maximum Gasteiger partial charge on any atom is 0.170 e. The van der Waals surface area contributed by atoms with Gasteiger partial charge in [0.25, 0.3) is 0 Å². The lowest BCUT2D eigenvalue weighted by atomic mass is 9.56. The molecule has 1 aliphatic carbocycles. The Balaban J connectivity index is 1.83. The van der Waals surface area contributed by atoms with Gasteiger partial charge in [-0.05, 0) is 41.1 Å². The average molecular weight is 422 g/mol. The molecule has 2 unspecified atom stereocenters. The zero-order chi connectivity index (χ0) is 22.7. The zero-order valence-corrected chi connectivity index (χ0v) is 17.8. The Hall–Kier alpha value is -4.05. The highest BCUT2D eigenvalue weighted by molar-refractivity contribution is 5.54. The highest BCUT2D eigenvalue weighted by atomic mass is 16.5. The van der Waals surface area contributed by atoms with Crippen LogP contribution < -0.4 is 10.5 Å². The molecule has 1 aliphatic heterocycles. The summed E-state index contributed by atoms with van der Waals surface area (Å²) < 4.78 is 5.28. The Morgan fingerprint density at radius 1 is 1.06 bits per heavy atom. The topological polar surface area (TPSA) is 110 Å². The number of rotatable bonds is 4. The van der Waals surface area contributed by atoms with Crippen LogP contribution in [-0.2, 0) is 6.54 Å². The number of methoxy groups -OCH3 is 1. The first-order valence-electron chi connectivity index (χ1n) is 10.4. The Kier molecular flexibility index (Phi) is 5.69. The number of nitrogens with two attached hydrogens (primary N) is 1. The summed E-state index contributed by atoms with van der Waals surface area (Å²) in [4.78, 5) is 2.16. The maximum atomic E-state index is 10.2. The SMILES string of the molecule is COc1ccc(C2[C@@H]3CN(Cc4ccccc4)C=CC3=C(C#N)C(N)C2(C#N)C#N)cc1. The summed E-state index contributed by atoms with van der Waals surface area (Å²) in [6, 6.07) is 23.1. The van der Waals surface area contributed by atoms with Crippen molar-refractivity contribution in [1.29, 1.82) is 15.8 Å². The molecular weight excluding hydrogens is 398 g/mol. The van der Waals surface area contributed by atoms with E-state index in [9.17, 15) is 15.8 Å². The Bertz CT molecular complexity index is 1160. The Morgan fingerprint density at radius 2 is 1.75 bits per heavy atom. The van der Waals surface area contributed by atoms with Crippen LogP contribution >= 0.6 is 0 Å². The molecule has 158 valence electrons. The Labute approximate surface area is 188 Å². The standard InChI is InChI=1S/C26H23N5O/c1-32-20-9-7-19(8-10-20)24-23-15-31(14-18-5-3-2-4-6-18)12-11-21(23)22(13-27)25(30)26(24,16-28)17-29/h2-12,23-25H,14-15,30H2,1H3/t23-,24?,25?/m1/s1. The number of nitriles is 3. The average Bonchev–Trinajstić information content (AvgIpc) is 2.84. The van der Waals surface area contributed by atoms with Gasteiger partial charge in [-0.1, -0.05) is 42.5 Å². The molecule has 0 saturated carbocycles. The molecule has 0 saturated heterocycles. The summed E-state index contributed by atoms with van der Waals surface area (Å²) in [7, 11) is 1.59. The van der Waals surface area contributed by atoms with Gasteiger partial charge >= 0.3 is 0 Å². The van der Waals surface area contributed by atoms with E-state index in [1.54, 1.807) is 7.11 Å². The van der Waals surface area contributed by atoms with E-state index in [2.05, 4.69) is 35.2 Å². The fraction of sp³-hybridized carbons (Fsp3) is 0.269. The minimum Gasteiger partial charge on any atom is -0.497 e. The summed E-state index contributed by atoms with van der Waals surface area (Å²) in [5, 5.41) is 30.3. The first-order valence-corrected chi connectivity index (χ1v) is 10.4. The van der Waals surface area contributed by atoms with Crippen LogP contribution in [0.1, 0.15) is 17.0 Å². The van der Waals surface area contributed by atoms with Gasteiger partial charge in [0, 0.05) is 24.9 Å². The second-order valence-corrected chi connectivity index (χ2v) is 8.14. The van der Waals surface area contributed by atoms with Gasteiger partial charge in [0.2, 0.25) is 0 Å². The smallest absolute Gasteiger partial charge is 0.170 e. The molecule has 0 bridgehead atoms. The third-order valence-electron chi connectivity index (χ3n) is 6.49. The van der Waals surface area contributed by atoms with E-state index in [1.165, 1.54) is 0 Å². The monoisotopic (exact) mass is 421 g/mol. The molecular formula is C26H23N5O. The fourth-order valence-electron chi connectivity index (χ4n) is 4.89. The summed E-state index contributed by atoms with van der Waals surface area (Å²) in [6.45, 7) is 1.26. The lowest BCUT2D eigenvalue weighted by molar-refractivity contribution is 0.211. The van der Waals surface area contributed by atoms with Crippen molar-refractivity contribution in [2.24, 2.45) is 17.1 Å². The van der Waals surface area contributed by atoms with Crippen molar-refractivity contribution in [1.82, 2.24) is 4.90 Å². The van der Waals surface area contributed by atoms with Gasteiger partial charge in [0.05, 0.1) is 36.9 Å². The minimum absolute atomic E-state index is 0.231. The van der Waals surface area contributed by atoms with Gasteiger partial charge in [-0.3, -0.25) is 0 Å². The van der Waals surface area contributed by atoms with E-state index >= 15 is 0 Å². The fourth-order valence-corrected chi connectivity index (χ4v) is 4.89. The number of hydrogen-bond donors (Lipinski definition) is 1. The number of nitrogens with zero attached hydrogens (tertiary/aromatic N) is 4. The predicted octanol–water partition coefficient (Wildman–Crippen LogP) is 3.62. The molecule has 6 heteroatoms. The van der Waals surface area contributed by atoms with Gasteiger partial charge in [-0.2, -0.15) is 15.8 Å². The molecule has 0 radical (unpaired) electrons. The quantitative estimate of drug-likeness (QED) is 0.807. The van der Waals surface area contributed by atoms with Crippen molar-refractivity contribution in [2.75, 3.05) is 13.7 Å². The van der Waals surface area contributed by atoms with E-state index in [4.69, 9.17) is 10.5 Å². The number of hydrogen-bond acceptors (Lipinski definition) is 6. The van der Waals surface area contributed by atoms with E-state index in [0.717, 1.165) is 16.7 Å². The largest absolute Gasteiger partial charge is 0.497 e. The van der Waals surface area contributed by atoms with Crippen LogP contribution in [0.25, 0.3) is 0 Å². The van der Waals surface area contributed by atoms with E-state index < -0.39 is 17.4 Å². The van der Waals surface area contributed by atoms with Crippen LogP contribution in [0.4, 0.5) is 0 Å². The zero-order valence-electron chi connectivity index (χ0n) is 17.8. The second-order valence-electron chi connectivity index (χ2n) is 8.14. The normalized spacial score (nSPS) is 23.5. The van der Waals surface area contributed by atoms with Gasteiger partial charge in [0.15, 0.2) is 5.41 Å². The summed E-state index contributed by atoms with van der Waals surface area (Å²) >= 11 is 0. The predicted molar refractivity (Wildman–Crippen MR) is 119 cm³/mol. The molecule has 0 amide bonds. The van der Waals surface area contributed by atoms with E-state index in [1.807, 2.05) is 54.7 Å². The number of benzene rings is 2. The third-order valence-corrected chi connectivity index (χ3v) is 6.49. The van der Waals surface area contributed by atoms with E-state index in [0.29, 0.717) is 24.4 Å². The third kappa shape index (κ3) is 3.40. The molecule has 1 heterocycles. The van der Waals surface area contributed by atoms with Crippen molar-refractivity contribution in [3.63, 3.8) is 0 Å². The maximum absolute atomic E-state index is 10.2. The number of ether oxygens (including phenoxy) is 1. The summed E-state index contributed by atoms with van der Waals surface area (Å²) in [5.74, 6) is -0.0318. The number of fused-ring (bicyclic) bond motifs is 1. The van der Waals surface area contributed by atoms with Crippen LogP contribution in [0.5, 0.6) is 5.75 Å². The lowest BCUT2D eigenvalue weighted by Crippen LogP contribution is -2.53.